The highest BCUT2D eigenvalue weighted by atomic mass is 19.4. The maximum atomic E-state index is 12.9. The van der Waals surface area contributed by atoms with Crippen molar-refractivity contribution in [2.24, 2.45) is 0 Å². The third kappa shape index (κ3) is 5.37. The molecule has 1 saturated heterocycles. The molecule has 2 aromatic rings. The molecule has 154 valence electrons. The highest BCUT2D eigenvalue weighted by Gasteiger charge is 2.30. The number of hydrogen-bond acceptors (Lipinski definition) is 2. The molecule has 29 heavy (non-hydrogen) atoms. The Morgan fingerprint density at radius 1 is 0.931 bits per heavy atom. The second-order valence-corrected chi connectivity index (χ2v) is 7.27. The van der Waals surface area contributed by atoms with Gasteiger partial charge in [0.1, 0.15) is 0 Å². The van der Waals surface area contributed by atoms with E-state index in [-0.39, 0.29) is 18.2 Å². The summed E-state index contributed by atoms with van der Waals surface area (Å²) in [5.41, 5.74) is 1.20. The molecule has 0 unspecified atom stereocenters. The third-order valence-corrected chi connectivity index (χ3v) is 5.01. The number of nitrogens with zero attached hydrogens (tertiary/aromatic N) is 2. The Hall–Kier alpha value is -2.83. The molecule has 0 aliphatic carbocycles. The quantitative estimate of drug-likeness (QED) is 0.778. The predicted molar refractivity (Wildman–Crippen MR) is 103 cm³/mol. The molecule has 0 bridgehead atoms. The summed E-state index contributed by atoms with van der Waals surface area (Å²) in [6.07, 6.45) is -3.89. The van der Waals surface area contributed by atoms with E-state index in [9.17, 15) is 22.8 Å². The summed E-state index contributed by atoms with van der Waals surface area (Å²) in [5.74, 6) is -0.296. The fraction of sp³-hybridized carbons (Fsp3) is 0.364. The van der Waals surface area contributed by atoms with E-state index in [0.29, 0.717) is 43.7 Å². The average Bonchev–Trinajstić information content (AvgIpc) is 2.93. The van der Waals surface area contributed by atoms with Gasteiger partial charge < -0.3 is 9.80 Å². The van der Waals surface area contributed by atoms with E-state index >= 15 is 0 Å². The van der Waals surface area contributed by atoms with E-state index in [4.69, 9.17) is 0 Å². The van der Waals surface area contributed by atoms with Gasteiger partial charge in [0, 0.05) is 31.7 Å². The van der Waals surface area contributed by atoms with Crippen LogP contribution in [0, 0.1) is 6.92 Å². The van der Waals surface area contributed by atoms with E-state index in [0.717, 1.165) is 17.7 Å². The van der Waals surface area contributed by atoms with Crippen molar-refractivity contribution in [1.82, 2.24) is 9.80 Å². The Morgan fingerprint density at radius 2 is 1.62 bits per heavy atom. The zero-order valence-corrected chi connectivity index (χ0v) is 16.2. The lowest BCUT2D eigenvalue weighted by atomic mass is 10.1. The maximum Gasteiger partial charge on any atom is 0.416 e. The fourth-order valence-corrected chi connectivity index (χ4v) is 3.47. The number of carbonyl (C=O) groups excluding carboxylic acids is 2. The lowest BCUT2D eigenvalue weighted by Gasteiger charge is -2.22. The van der Waals surface area contributed by atoms with Crippen LogP contribution in [0.15, 0.2) is 48.5 Å². The summed E-state index contributed by atoms with van der Waals surface area (Å²) < 4.78 is 38.6. The zero-order valence-electron chi connectivity index (χ0n) is 16.2. The number of hydrogen-bond donors (Lipinski definition) is 0. The largest absolute Gasteiger partial charge is 0.416 e. The van der Waals surface area contributed by atoms with Gasteiger partial charge in [0.2, 0.25) is 5.91 Å². The summed E-state index contributed by atoms with van der Waals surface area (Å²) in [6, 6.07) is 12.2. The molecule has 0 radical (unpaired) electrons. The van der Waals surface area contributed by atoms with Gasteiger partial charge in [0.15, 0.2) is 0 Å². The molecule has 3 rings (SSSR count). The van der Waals surface area contributed by atoms with Gasteiger partial charge in [-0.3, -0.25) is 9.59 Å². The van der Waals surface area contributed by atoms with Crippen LogP contribution in [0.2, 0.25) is 0 Å². The van der Waals surface area contributed by atoms with Crippen molar-refractivity contribution in [1.29, 1.82) is 0 Å². The molecule has 1 heterocycles. The number of carbonyl (C=O) groups is 2. The number of amides is 2. The Kier molecular flexibility index (Phi) is 6.25. The zero-order chi connectivity index (χ0) is 21.0. The smallest absolute Gasteiger partial charge is 0.341 e. The highest BCUT2D eigenvalue weighted by molar-refractivity contribution is 5.94. The van der Waals surface area contributed by atoms with Crippen molar-refractivity contribution in [2.75, 3.05) is 26.2 Å². The summed E-state index contributed by atoms with van der Waals surface area (Å²) in [7, 11) is 0. The van der Waals surface area contributed by atoms with Gasteiger partial charge in [-0.25, -0.2) is 0 Å². The van der Waals surface area contributed by atoms with Crippen LogP contribution in [0.3, 0.4) is 0 Å². The van der Waals surface area contributed by atoms with E-state index in [2.05, 4.69) is 0 Å². The molecule has 2 aromatic carbocycles. The number of rotatable bonds is 3. The number of benzene rings is 2. The van der Waals surface area contributed by atoms with Gasteiger partial charge in [-0.1, -0.05) is 35.9 Å². The van der Waals surface area contributed by atoms with Gasteiger partial charge in [0.25, 0.3) is 5.91 Å². The number of halogens is 3. The molecule has 7 heteroatoms. The summed E-state index contributed by atoms with van der Waals surface area (Å²) in [6.45, 7) is 3.72. The van der Waals surface area contributed by atoms with E-state index < -0.39 is 11.7 Å². The van der Waals surface area contributed by atoms with Gasteiger partial charge in [-0.05, 0) is 37.1 Å². The van der Waals surface area contributed by atoms with Crippen LogP contribution in [-0.4, -0.2) is 47.8 Å². The molecule has 2 amide bonds. The first-order valence-corrected chi connectivity index (χ1v) is 9.54. The molecule has 0 atom stereocenters. The fourth-order valence-electron chi connectivity index (χ4n) is 3.47. The number of alkyl halides is 3. The van der Waals surface area contributed by atoms with Crippen LogP contribution < -0.4 is 0 Å². The Morgan fingerprint density at radius 3 is 2.34 bits per heavy atom. The minimum absolute atomic E-state index is 0.0686. The lowest BCUT2D eigenvalue weighted by molar-refractivity contribution is -0.138. The average molecular weight is 404 g/mol. The van der Waals surface area contributed by atoms with Crippen molar-refractivity contribution in [3.8, 4) is 0 Å². The van der Waals surface area contributed by atoms with Crippen LogP contribution in [0.25, 0.3) is 0 Å². The first kappa shape index (κ1) is 20.9. The van der Waals surface area contributed by atoms with Crippen LogP contribution in [-0.2, 0) is 17.4 Å². The predicted octanol–water partition coefficient (Wildman–Crippen LogP) is 3.93. The van der Waals surface area contributed by atoms with Gasteiger partial charge in [-0.2, -0.15) is 13.2 Å². The topological polar surface area (TPSA) is 40.6 Å². The highest BCUT2D eigenvalue weighted by Crippen LogP contribution is 2.29. The van der Waals surface area contributed by atoms with Gasteiger partial charge in [0.05, 0.1) is 12.0 Å². The molecular formula is C22H23F3N2O2. The molecule has 1 aliphatic heterocycles. The second kappa shape index (κ2) is 8.68. The van der Waals surface area contributed by atoms with E-state index in [1.807, 2.05) is 25.1 Å². The van der Waals surface area contributed by atoms with Gasteiger partial charge in [-0.15, -0.1) is 0 Å². The number of aryl methyl sites for hydroxylation is 1. The molecule has 1 fully saturated rings. The van der Waals surface area contributed by atoms with Crippen LogP contribution in [0.4, 0.5) is 13.2 Å². The first-order valence-electron chi connectivity index (χ1n) is 9.54. The van der Waals surface area contributed by atoms with Crippen molar-refractivity contribution in [3.05, 3.63) is 70.8 Å². The normalized spacial score (nSPS) is 15.2. The Labute approximate surface area is 167 Å². The first-order chi connectivity index (χ1) is 13.7. The Balaban J connectivity index is 1.62. The van der Waals surface area contributed by atoms with Crippen LogP contribution in [0.5, 0.6) is 0 Å². The molecule has 1 aliphatic rings. The standard InChI is InChI=1S/C22H23F3N2O2/c1-16-5-2-7-18(13-16)21(29)27-10-4-9-26(11-12-27)20(28)15-17-6-3-8-19(14-17)22(23,24)25/h2-3,5-8,13-14H,4,9-12,15H2,1H3. The molecule has 0 saturated carbocycles. The summed E-state index contributed by atoms with van der Waals surface area (Å²) >= 11 is 0. The molecule has 4 nitrogen and oxygen atoms in total. The van der Waals surface area contributed by atoms with E-state index in [1.165, 1.54) is 12.1 Å². The van der Waals surface area contributed by atoms with E-state index in [1.54, 1.807) is 15.9 Å². The summed E-state index contributed by atoms with van der Waals surface area (Å²) in [5, 5.41) is 0. The monoisotopic (exact) mass is 404 g/mol. The minimum Gasteiger partial charge on any atom is -0.341 e. The minimum atomic E-state index is -4.43. The second-order valence-electron chi connectivity index (χ2n) is 7.27. The molecule has 0 spiro atoms. The molecular weight excluding hydrogens is 381 g/mol. The summed E-state index contributed by atoms with van der Waals surface area (Å²) in [4.78, 5) is 28.7. The van der Waals surface area contributed by atoms with Crippen molar-refractivity contribution in [2.45, 2.75) is 25.9 Å². The molecule has 0 aromatic heterocycles. The molecule has 0 N–H and O–H groups in total. The van der Waals surface area contributed by atoms with Crippen LogP contribution >= 0.6 is 0 Å². The van der Waals surface area contributed by atoms with Crippen LogP contribution in [0.1, 0.15) is 33.5 Å². The van der Waals surface area contributed by atoms with Crippen molar-refractivity contribution < 1.29 is 22.8 Å². The van der Waals surface area contributed by atoms with Crippen molar-refractivity contribution in [3.63, 3.8) is 0 Å². The SMILES string of the molecule is Cc1cccc(C(=O)N2CCCN(C(=O)Cc3cccc(C(F)(F)F)c3)CC2)c1. The van der Waals surface area contributed by atoms with Crippen molar-refractivity contribution >= 4 is 11.8 Å². The lowest BCUT2D eigenvalue weighted by Crippen LogP contribution is -2.38. The van der Waals surface area contributed by atoms with Gasteiger partial charge >= 0.3 is 6.18 Å². The maximum absolute atomic E-state index is 12.9. The third-order valence-electron chi connectivity index (χ3n) is 5.01. The Bertz CT molecular complexity index is 896.